The summed E-state index contributed by atoms with van der Waals surface area (Å²) in [4.78, 5) is 2.52. The van der Waals surface area contributed by atoms with E-state index in [1.165, 1.54) is 24.1 Å². The second-order valence-corrected chi connectivity index (χ2v) is 6.16. The third-order valence-corrected chi connectivity index (χ3v) is 3.78. The molecule has 0 amide bonds. The van der Waals surface area contributed by atoms with Crippen molar-refractivity contribution in [3.8, 4) is 0 Å². The van der Waals surface area contributed by atoms with Crippen molar-refractivity contribution in [1.82, 2.24) is 5.32 Å². The first-order chi connectivity index (χ1) is 8.52. The van der Waals surface area contributed by atoms with Crippen molar-refractivity contribution in [2.45, 2.75) is 52.1 Å². The second kappa shape index (κ2) is 5.31. The molecule has 1 aliphatic rings. The fraction of sp³-hybridized carbons (Fsp3) is 0.625. The SMILES string of the molecule is CCCc1ccc(N2CC(C)(C)NCC2C)cc1. The third-order valence-electron chi connectivity index (χ3n) is 3.78. The molecule has 2 rings (SSSR count). The maximum absolute atomic E-state index is 3.60. The lowest BCUT2D eigenvalue weighted by Crippen LogP contribution is -2.61. The van der Waals surface area contributed by atoms with Gasteiger partial charge in [-0.05, 0) is 44.9 Å². The molecule has 1 N–H and O–H groups in total. The van der Waals surface area contributed by atoms with Gasteiger partial charge in [-0.2, -0.15) is 0 Å². The Balaban J connectivity index is 2.14. The van der Waals surface area contributed by atoms with E-state index < -0.39 is 0 Å². The zero-order valence-corrected chi connectivity index (χ0v) is 12.2. The number of hydrogen-bond acceptors (Lipinski definition) is 2. The molecule has 100 valence electrons. The van der Waals surface area contributed by atoms with Crippen molar-refractivity contribution < 1.29 is 0 Å². The average Bonchev–Trinajstić information content (AvgIpc) is 2.34. The monoisotopic (exact) mass is 246 g/mol. The Kier molecular flexibility index (Phi) is 3.96. The van der Waals surface area contributed by atoms with Gasteiger partial charge in [0.15, 0.2) is 0 Å². The van der Waals surface area contributed by atoms with Crippen LogP contribution in [0.15, 0.2) is 24.3 Å². The summed E-state index contributed by atoms with van der Waals surface area (Å²) in [5.74, 6) is 0. The van der Waals surface area contributed by atoms with Crippen LogP contribution in [0.1, 0.15) is 39.7 Å². The van der Waals surface area contributed by atoms with E-state index in [0.717, 1.165) is 13.1 Å². The summed E-state index contributed by atoms with van der Waals surface area (Å²) in [6.45, 7) is 11.2. The van der Waals surface area contributed by atoms with Crippen LogP contribution < -0.4 is 10.2 Å². The number of benzene rings is 1. The number of rotatable bonds is 3. The van der Waals surface area contributed by atoms with Gasteiger partial charge in [0.05, 0.1) is 0 Å². The predicted octanol–water partition coefficient (Wildman–Crippen LogP) is 3.22. The number of nitrogens with zero attached hydrogens (tertiary/aromatic N) is 1. The van der Waals surface area contributed by atoms with Crippen LogP contribution in [0.3, 0.4) is 0 Å². The molecular weight excluding hydrogens is 220 g/mol. The molecule has 0 bridgehead atoms. The van der Waals surface area contributed by atoms with E-state index >= 15 is 0 Å². The van der Waals surface area contributed by atoms with E-state index in [0.29, 0.717) is 6.04 Å². The first kappa shape index (κ1) is 13.4. The molecule has 1 aromatic rings. The highest BCUT2D eigenvalue weighted by atomic mass is 15.2. The Morgan fingerprint density at radius 3 is 2.56 bits per heavy atom. The van der Waals surface area contributed by atoms with Gasteiger partial charge >= 0.3 is 0 Å². The highest BCUT2D eigenvalue weighted by Crippen LogP contribution is 2.24. The van der Waals surface area contributed by atoms with Crippen LogP contribution in [0.4, 0.5) is 5.69 Å². The lowest BCUT2D eigenvalue weighted by atomic mass is 9.98. The summed E-state index contributed by atoms with van der Waals surface area (Å²) in [6, 6.07) is 9.68. The summed E-state index contributed by atoms with van der Waals surface area (Å²) in [7, 11) is 0. The van der Waals surface area contributed by atoms with Crippen molar-refractivity contribution >= 4 is 5.69 Å². The summed E-state index contributed by atoms with van der Waals surface area (Å²) in [5.41, 5.74) is 3.01. The van der Waals surface area contributed by atoms with Crippen LogP contribution in [0, 0.1) is 0 Å². The van der Waals surface area contributed by atoms with Gasteiger partial charge in [0.25, 0.3) is 0 Å². The number of nitrogens with one attached hydrogen (secondary N) is 1. The number of anilines is 1. The Morgan fingerprint density at radius 1 is 1.28 bits per heavy atom. The maximum Gasteiger partial charge on any atom is 0.0387 e. The van der Waals surface area contributed by atoms with E-state index in [1.54, 1.807) is 0 Å². The lowest BCUT2D eigenvalue weighted by molar-refractivity contribution is 0.318. The van der Waals surface area contributed by atoms with E-state index in [1.807, 2.05) is 0 Å². The van der Waals surface area contributed by atoms with Gasteiger partial charge in [-0.25, -0.2) is 0 Å². The van der Waals surface area contributed by atoms with Crippen LogP contribution in [-0.4, -0.2) is 24.7 Å². The molecule has 1 fully saturated rings. The minimum atomic E-state index is 0.203. The molecular formula is C16H26N2. The van der Waals surface area contributed by atoms with Crippen molar-refractivity contribution in [3.63, 3.8) is 0 Å². The van der Waals surface area contributed by atoms with E-state index in [2.05, 4.69) is 62.2 Å². The van der Waals surface area contributed by atoms with Crippen molar-refractivity contribution in [3.05, 3.63) is 29.8 Å². The highest BCUT2D eigenvalue weighted by molar-refractivity contribution is 5.49. The molecule has 1 saturated heterocycles. The van der Waals surface area contributed by atoms with Crippen LogP contribution in [0.2, 0.25) is 0 Å². The molecule has 18 heavy (non-hydrogen) atoms. The van der Waals surface area contributed by atoms with E-state index in [4.69, 9.17) is 0 Å². The number of hydrogen-bond donors (Lipinski definition) is 1. The van der Waals surface area contributed by atoms with E-state index in [9.17, 15) is 0 Å². The van der Waals surface area contributed by atoms with Gasteiger partial charge in [-0.15, -0.1) is 0 Å². The minimum absolute atomic E-state index is 0.203. The molecule has 1 aromatic carbocycles. The van der Waals surface area contributed by atoms with Crippen molar-refractivity contribution in [1.29, 1.82) is 0 Å². The zero-order chi connectivity index (χ0) is 13.2. The molecule has 1 aliphatic heterocycles. The van der Waals surface area contributed by atoms with Crippen molar-refractivity contribution in [2.24, 2.45) is 0 Å². The number of aryl methyl sites for hydroxylation is 1. The summed E-state index contributed by atoms with van der Waals surface area (Å²) >= 11 is 0. The molecule has 2 nitrogen and oxygen atoms in total. The van der Waals surface area contributed by atoms with Crippen LogP contribution in [-0.2, 0) is 6.42 Å². The summed E-state index contributed by atoms with van der Waals surface area (Å²) in [5, 5.41) is 3.60. The van der Waals surface area contributed by atoms with Gasteiger partial charge in [0.2, 0.25) is 0 Å². The van der Waals surface area contributed by atoms with Gasteiger partial charge in [-0.1, -0.05) is 25.5 Å². The summed E-state index contributed by atoms with van der Waals surface area (Å²) in [6.07, 6.45) is 2.40. The molecule has 1 heterocycles. The molecule has 0 aromatic heterocycles. The lowest BCUT2D eigenvalue weighted by Gasteiger charge is -2.44. The van der Waals surface area contributed by atoms with Gasteiger partial charge in [-0.3, -0.25) is 0 Å². The number of piperazine rings is 1. The Bertz CT molecular complexity index is 381. The fourth-order valence-electron chi connectivity index (χ4n) is 2.66. The molecule has 0 saturated carbocycles. The van der Waals surface area contributed by atoms with Gasteiger partial charge in [0, 0.05) is 30.4 Å². The van der Waals surface area contributed by atoms with Crippen molar-refractivity contribution in [2.75, 3.05) is 18.0 Å². The zero-order valence-electron chi connectivity index (χ0n) is 12.2. The quantitative estimate of drug-likeness (QED) is 0.881. The molecule has 1 atom stereocenters. The standard InChI is InChI=1S/C16H26N2/c1-5-6-14-7-9-15(10-8-14)18-12-16(3,4)17-11-13(18)2/h7-10,13,17H,5-6,11-12H2,1-4H3. The molecule has 0 spiro atoms. The van der Waals surface area contributed by atoms with Gasteiger partial charge < -0.3 is 10.2 Å². The molecule has 0 aliphatic carbocycles. The molecule has 2 heteroatoms. The summed E-state index contributed by atoms with van der Waals surface area (Å²) < 4.78 is 0. The molecule has 1 unspecified atom stereocenters. The topological polar surface area (TPSA) is 15.3 Å². The average molecular weight is 246 g/mol. The maximum atomic E-state index is 3.60. The van der Waals surface area contributed by atoms with Gasteiger partial charge in [0.1, 0.15) is 0 Å². The first-order valence-electron chi connectivity index (χ1n) is 7.12. The van der Waals surface area contributed by atoms with Crippen LogP contribution in [0.5, 0.6) is 0 Å². The Morgan fingerprint density at radius 2 is 1.94 bits per heavy atom. The first-order valence-corrected chi connectivity index (χ1v) is 7.12. The minimum Gasteiger partial charge on any atom is -0.366 e. The van der Waals surface area contributed by atoms with Crippen LogP contribution >= 0.6 is 0 Å². The second-order valence-electron chi connectivity index (χ2n) is 6.16. The Labute approximate surface area is 111 Å². The smallest absolute Gasteiger partial charge is 0.0387 e. The van der Waals surface area contributed by atoms with Crippen LogP contribution in [0.25, 0.3) is 0 Å². The fourth-order valence-corrected chi connectivity index (χ4v) is 2.66. The predicted molar refractivity (Wildman–Crippen MR) is 79.3 cm³/mol. The molecule has 0 radical (unpaired) electrons. The normalized spacial score (nSPS) is 23.1. The Hall–Kier alpha value is -1.02. The van der Waals surface area contributed by atoms with E-state index in [-0.39, 0.29) is 5.54 Å². The third kappa shape index (κ3) is 3.05. The largest absolute Gasteiger partial charge is 0.366 e. The highest BCUT2D eigenvalue weighted by Gasteiger charge is 2.30.